The van der Waals surface area contributed by atoms with Crippen molar-refractivity contribution in [3.05, 3.63) is 29.3 Å². The van der Waals surface area contributed by atoms with Crippen molar-refractivity contribution < 1.29 is 4.79 Å². The van der Waals surface area contributed by atoms with E-state index in [1.165, 1.54) is 11.1 Å². The Hall–Kier alpha value is -1.55. The molecule has 1 heterocycles. The molecule has 4 heteroatoms. The summed E-state index contributed by atoms with van der Waals surface area (Å²) in [6.45, 7) is 6.67. The summed E-state index contributed by atoms with van der Waals surface area (Å²) in [5.41, 5.74) is 3.40. The zero-order valence-electron chi connectivity index (χ0n) is 12.2. The van der Waals surface area contributed by atoms with Crippen LogP contribution in [-0.2, 0) is 0 Å². The number of amides is 2. The quantitative estimate of drug-likeness (QED) is 0.903. The third-order valence-electron chi connectivity index (χ3n) is 3.54. The number of hydrogen-bond acceptors (Lipinski definition) is 2. The van der Waals surface area contributed by atoms with Crippen LogP contribution in [0.1, 0.15) is 11.1 Å². The van der Waals surface area contributed by atoms with Crippen molar-refractivity contribution in [2.45, 2.75) is 13.8 Å². The molecule has 1 atom stereocenters. The number of aryl methyl sites for hydroxylation is 2. The van der Waals surface area contributed by atoms with Gasteiger partial charge in [-0.2, -0.15) is 0 Å². The Kier molecular flexibility index (Phi) is 4.10. The van der Waals surface area contributed by atoms with Gasteiger partial charge in [0.05, 0.1) is 0 Å². The lowest BCUT2D eigenvalue weighted by Gasteiger charge is -2.38. The standard InChI is InChI=1S/C15H23N3O/c1-11-5-12(2)7-14(6-11)18-10-13(8-16-3)9-17(4)15(18)19/h5-7,13,16H,8-10H2,1-4H3. The lowest BCUT2D eigenvalue weighted by molar-refractivity contribution is 0.192. The highest BCUT2D eigenvalue weighted by atomic mass is 16.2. The minimum Gasteiger partial charge on any atom is -0.327 e. The fraction of sp³-hybridized carbons (Fsp3) is 0.533. The molecule has 19 heavy (non-hydrogen) atoms. The Morgan fingerprint density at radius 3 is 2.42 bits per heavy atom. The summed E-state index contributed by atoms with van der Waals surface area (Å²) in [5.74, 6) is 0.466. The number of nitrogens with zero attached hydrogens (tertiary/aromatic N) is 2. The largest absolute Gasteiger partial charge is 0.327 e. The molecule has 1 aliphatic heterocycles. The molecule has 1 N–H and O–H groups in total. The minimum atomic E-state index is 0.0948. The summed E-state index contributed by atoms with van der Waals surface area (Å²) in [6, 6.07) is 6.39. The average molecular weight is 261 g/mol. The van der Waals surface area contributed by atoms with Crippen LogP contribution in [0.3, 0.4) is 0 Å². The molecular weight excluding hydrogens is 238 g/mol. The van der Waals surface area contributed by atoms with Crippen LogP contribution in [0.15, 0.2) is 18.2 Å². The van der Waals surface area contributed by atoms with Gasteiger partial charge in [-0.1, -0.05) is 6.07 Å². The van der Waals surface area contributed by atoms with E-state index < -0.39 is 0 Å². The lowest BCUT2D eigenvalue weighted by Crippen LogP contribution is -2.53. The molecule has 2 rings (SSSR count). The molecule has 1 aromatic rings. The predicted octanol–water partition coefficient (Wildman–Crippen LogP) is 2.01. The van der Waals surface area contributed by atoms with E-state index in [2.05, 4.69) is 37.4 Å². The summed E-state index contributed by atoms with van der Waals surface area (Å²) in [7, 11) is 3.83. The van der Waals surface area contributed by atoms with Gasteiger partial charge in [0.2, 0.25) is 0 Å². The van der Waals surface area contributed by atoms with Crippen LogP contribution in [0.25, 0.3) is 0 Å². The van der Waals surface area contributed by atoms with Crippen molar-refractivity contribution in [3.63, 3.8) is 0 Å². The molecule has 1 saturated heterocycles. The Morgan fingerprint density at radius 2 is 1.84 bits per heavy atom. The lowest BCUT2D eigenvalue weighted by atomic mass is 10.0. The maximum absolute atomic E-state index is 12.3. The van der Waals surface area contributed by atoms with Gasteiger partial charge in [0.25, 0.3) is 0 Å². The number of benzene rings is 1. The zero-order chi connectivity index (χ0) is 14.0. The number of anilines is 1. The van der Waals surface area contributed by atoms with E-state index in [1.54, 1.807) is 0 Å². The smallest absolute Gasteiger partial charge is 0.324 e. The Labute approximate surface area is 115 Å². The summed E-state index contributed by atoms with van der Waals surface area (Å²) in [5, 5.41) is 3.20. The Balaban J connectivity index is 2.27. The summed E-state index contributed by atoms with van der Waals surface area (Å²) in [6.07, 6.45) is 0. The molecule has 0 radical (unpaired) electrons. The molecule has 1 aliphatic rings. The first-order valence-corrected chi connectivity index (χ1v) is 6.76. The molecule has 0 aliphatic carbocycles. The van der Waals surface area contributed by atoms with Crippen LogP contribution in [0, 0.1) is 19.8 Å². The van der Waals surface area contributed by atoms with Crippen molar-refractivity contribution >= 4 is 11.7 Å². The monoisotopic (exact) mass is 261 g/mol. The summed E-state index contributed by atoms with van der Waals surface area (Å²) >= 11 is 0. The van der Waals surface area contributed by atoms with Gasteiger partial charge in [0, 0.05) is 38.3 Å². The second-order valence-electron chi connectivity index (χ2n) is 5.54. The number of hydrogen-bond donors (Lipinski definition) is 1. The fourth-order valence-corrected chi connectivity index (χ4v) is 2.81. The van der Waals surface area contributed by atoms with Crippen LogP contribution in [-0.4, -0.2) is 44.7 Å². The topological polar surface area (TPSA) is 35.6 Å². The van der Waals surface area contributed by atoms with Crippen LogP contribution >= 0.6 is 0 Å². The molecule has 4 nitrogen and oxygen atoms in total. The summed E-state index contributed by atoms with van der Waals surface area (Å²) in [4.78, 5) is 16.0. The Morgan fingerprint density at radius 1 is 1.21 bits per heavy atom. The van der Waals surface area contributed by atoms with Gasteiger partial charge in [-0.25, -0.2) is 4.79 Å². The Bertz CT molecular complexity index is 452. The highest BCUT2D eigenvalue weighted by Gasteiger charge is 2.30. The third-order valence-corrected chi connectivity index (χ3v) is 3.54. The van der Waals surface area contributed by atoms with E-state index >= 15 is 0 Å². The highest BCUT2D eigenvalue weighted by molar-refractivity contribution is 5.92. The van der Waals surface area contributed by atoms with E-state index in [0.717, 1.165) is 25.3 Å². The molecule has 1 aromatic carbocycles. The molecule has 0 bridgehead atoms. The van der Waals surface area contributed by atoms with Gasteiger partial charge in [0.15, 0.2) is 0 Å². The number of carbonyl (C=O) groups excluding carboxylic acids is 1. The van der Waals surface area contributed by atoms with Gasteiger partial charge in [-0.3, -0.25) is 4.90 Å². The van der Waals surface area contributed by atoms with E-state index in [4.69, 9.17) is 0 Å². The molecule has 1 fully saturated rings. The van der Waals surface area contributed by atoms with Gasteiger partial charge in [-0.15, -0.1) is 0 Å². The van der Waals surface area contributed by atoms with Gasteiger partial charge < -0.3 is 10.2 Å². The van der Waals surface area contributed by atoms with Crippen LogP contribution in [0.5, 0.6) is 0 Å². The van der Waals surface area contributed by atoms with Crippen molar-refractivity contribution in [3.8, 4) is 0 Å². The highest BCUT2D eigenvalue weighted by Crippen LogP contribution is 2.24. The zero-order valence-corrected chi connectivity index (χ0v) is 12.2. The average Bonchev–Trinajstić information content (AvgIpc) is 2.32. The van der Waals surface area contributed by atoms with Crippen molar-refractivity contribution in [2.75, 3.05) is 38.6 Å². The SMILES string of the molecule is CNCC1CN(C)C(=O)N(c2cc(C)cc(C)c2)C1. The predicted molar refractivity (Wildman–Crippen MR) is 78.7 cm³/mol. The molecular formula is C15H23N3O. The van der Waals surface area contributed by atoms with Crippen LogP contribution < -0.4 is 10.2 Å². The van der Waals surface area contributed by atoms with E-state index in [1.807, 2.05) is 23.9 Å². The van der Waals surface area contributed by atoms with Crippen LogP contribution in [0.2, 0.25) is 0 Å². The third kappa shape index (κ3) is 3.07. The first-order chi connectivity index (χ1) is 9.01. The number of carbonyl (C=O) groups is 1. The second-order valence-corrected chi connectivity index (χ2v) is 5.54. The molecule has 104 valence electrons. The van der Waals surface area contributed by atoms with E-state index in [-0.39, 0.29) is 6.03 Å². The van der Waals surface area contributed by atoms with Gasteiger partial charge >= 0.3 is 6.03 Å². The second kappa shape index (κ2) is 5.61. The van der Waals surface area contributed by atoms with E-state index in [0.29, 0.717) is 5.92 Å². The van der Waals surface area contributed by atoms with Gasteiger partial charge in [-0.05, 0) is 44.2 Å². The summed E-state index contributed by atoms with van der Waals surface area (Å²) < 4.78 is 0. The van der Waals surface area contributed by atoms with Crippen molar-refractivity contribution in [1.29, 1.82) is 0 Å². The molecule has 0 aromatic heterocycles. The van der Waals surface area contributed by atoms with Crippen molar-refractivity contribution in [1.82, 2.24) is 10.2 Å². The molecule has 0 spiro atoms. The maximum Gasteiger partial charge on any atom is 0.324 e. The first kappa shape index (κ1) is 13.9. The van der Waals surface area contributed by atoms with Crippen molar-refractivity contribution in [2.24, 2.45) is 5.92 Å². The van der Waals surface area contributed by atoms with Gasteiger partial charge in [0.1, 0.15) is 0 Å². The maximum atomic E-state index is 12.3. The number of urea groups is 1. The normalized spacial score (nSPS) is 20.0. The first-order valence-electron chi connectivity index (χ1n) is 6.76. The molecule has 1 unspecified atom stereocenters. The van der Waals surface area contributed by atoms with E-state index in [9.17, 15) is 4.79 Å². The number of nitrogens with one attached hydrogen (secondary N) is 1. The molecule has 2 amide bonds. The fourth-order valence-electron chi connectivity index (χ4n) is 2.81. The number of rotatable bonds is 3. The molecule has 0 saturated carbocycles. The minimum absolute atomic E-state index is 0.0948. The van der Waals surface area contributed by atoms with Crippen LogP contribution in [0.4, 0.5) is 10.5 Å².